The van der Waals surface area contributed by atoms with Crippen molar-refractivity contribution in [3.05, 3.63) is 128 Å². The first-order valence-corrected chi connectivity index (χ1v) is 13.2. The highest BCUT2D eigenvalue weighted by Crippen LogP contribution is 2.32. The lowest BCUT2D eigenvalue weighted by Gasteiger charge is -2.16. The summed E-state index contributed by atoms with van der Waals surface area (Å²) in [4.78, 5) is 0. The lowest BCUT2D eigenvalue weighted by molar-refractivity contribution is 0.123. The highest BCUT2D eigenvalue weighted by atomic mass is 79.9. The molecule has 4 aromatic carbocycles. The van der Waals surface area contributed by atoms with E-state index >= 15 is 0 Å². The molecule has 4 rings (SSSR count). The van der Waals surface area contributed by atoms with Crippen LogP contribution in [0.4, 0.5) is 0 Å². The van der Waals surface area contributed by atoms with Crippen LogP contribution in [0.3, 0.4) is 0 Å². The molecule has 0 saturated heterocycles. The van der Waals surface area contributed by atoms with E-state index in [0.717, 1.165) is 44.4 Å². The third-order valence-corrected chi connectivity index (χ3v) is 6.51. The summed E-state index contributed by atoms with van der Waals surface area (Å²) < 4.78 is 20.3. The summed E-state index contributed by atoms with van der Waals surface area (Å²) in [6.07, 6.45) is 1.52. The Labute approximate surface area is 224 Å². The predicted molar refractivity (Wildman–Crippen MR) is 148 cm³/mol. The second-order valence-corrected chi connectivity index (χ2v) is 10.0. The number of rotatable bonds is 12. The van der Waals surface area contributed by atoms with Gasteiger partial charge in [0.05, 0.1) is 26.4 Å². The molecule has 180 valence electrons. The van der Waals surface area contributed by atoms with Crippen molar-refractivity contribution in [1.29, 1.82) is 0 Å². The Morgan fingerprint density at radius 2 is 0.943 bits per heavy atom. The van der Waals surface area contributed by atoms with Gasteiger partial charge in [0.2, 0.25) is 0 Å². The minimum Gasteiger partial charge on any atom is -0.457 e. The fraction of sp³-hybridized carbons (Fsp3) is 0.200. The van der Waals surface area contributed by atoms with Crippen molar-refractivity contribution in [3.63, 3.8) is 0 Å². The van der Waals surface area contributed by atoms with Crippen molar-refractivity contribution >= 4 is 31.9 Å². The van der Waals surface area contributed by atoms with Gasteiger partial charge in [-0.15, -0.1) is 0 Å². The quantitative estimate of drug-likeness (QED) is 0.154. The molecule has 3 nitrogen and oxygen atoms in total. The van der Waals surface area contributed by atoms with Crippen molar-refractivity contribution in [2.75, 3.05) is 13.2 Å². The molecule has 0 spiro atoms. The monoisotopic (exact) mass is 594 g/mol. The van der Waals surface area contributed by atoms with E-state index in [1.54, 1.807) is 0 Å². The third kappa shape index (κ3) is 8.32. The van der Waals surface area contributed by atoms with Crippen LogP contribution in [0.5, 0.6) is 11.5 Å². The summed E-state index contributed by atoms with van der Waals surface area (Å²) in [6.45, 7) is 2.43. The van der Waals surface area contributed by atoms with Gasteiger partial charge in [0.25, 0.3) is 0 Å². The Bertz CT molecular complexity index is 1100. The van der Waals surface area contributed by atoms with Gasteiger partial charge in [-0.3, -0.25) is 0 Å². The number of hydrogen-bond acceptors (Lipinski definition) is 3. The van der Waals surface area contributed by atoms with Gasteiger partial charge in [-0.25, -0.2) is 0 Å². The summed E-state index contributed by atoms with van der Waals surface area (Å²) in [5, 5.41) is 0. The first-order valence-electron chi connectivity index (χ1n) is 11.7. The topological polar surface area (TPSA) is 27.7 Å². The molecule has 5 heteroatoms. The van der Waals surface area contributed by atoms with Crippen LogP contribution >= 0.6 is 31.9 Å². The minimum absolute atomic E-state index is 0.602. The summed E-state index contributed by atoms with van der Waals surface area (Å²) in [5.74, 6) is 1.68. The molecule has 0 aliphatic heterocycles. The fourth-order valence-electron chi connectivity index (χ4n) is 3.70. The van der Waals surface area contributed by atoms with Crippen molar-refractivity contribution < 1.29 is 14.2 Å². The standard InChI is InChI=1S/C30H28Br2O3/c31-27-11-13-29(25(19-27)15-17-33-21-23-7-3-1-4-8-23)35-30-14-12-28(32)20-26(30)16-18-34-22-24-9-5-2-6-10-24/h1-14,19-20H,15-18,21-22H2. The molecule has 0 aliphatic rings. The van der Waals surface area contributed by atoms with Crippen LogP contribution < -0.4 is 4.74 Å². The second kappa shape index (κ2) is 13.6. The lowest BCUT2D eigenvalue weighted by atomic mass is 10.1. The van der Waals surface area contributed by atoms with Gasteiger partial charge in [0.15, 0.2) is 0 Å². The molecule has 0 radical (unpaired) electrons. The van der Waals surface area contributed by atoms with Gasteiger partial charge in [0.1, 0.15) is 11.5 Å². The number of halogens is 2. The van der Waals surface area contributed by atoms with Gasteiger partial charge in [-0.05, 0) is 71.5 Å². The highest BCUT2D eigenvalue weighted by molar-refractivity contribution is 9.10. The number of hydrogen-bond donors (Lipinski definition) is 0. The van der Waals surface area contributed by atoms with E-state index in [2.05, 4.69) is 68.3 Å². The van der Waals surface area contributed by atoms with Gasteiger partial charge >= 0.3 is 0 Å². The van der Waals surface area contributed by atoms with Crippen LogP contribution in [0.2, 0.25) is 0 Å². The van der Waals surface area contributed by atoms with E-state index in [1.807, 2.05) is 60.7 Å². The Balaban J connectivity index is 1.37. The van der Waals surface area contributed by atoms with Gasteiger partial charge in [0, 0.05) is 8.95 Å². The van der Waals surface area contributed by atoms with Crippen LogP contribution in [0, 0.1) is 0 Å². The van der Waals surface area contributed by atoms with Crippen LogP contribution in [0.15, 0.2) is 106 Å². The maximum Gasteiger partial charge on any atom is 0.130 e. The summed E-state index contributed by atoms with van der Waals surface area (Å²) in [5.41, 5.74) is 4.54. The molecular formula is C30H28Br2O3. The SMILES string of the molecule is Brc1ccc(Oc2ccc(Br)cc2CCOCc2ccccc2)c(CCOCc2ccccc2)c1. The average molecular weight is 596 g/mol. The van der Waals surface area contributed by atoms with E-state index in [9.17, 15) is 0 Å². The van der Waals surface area contributed by atoms with Gasteiger partial charge in [-0.1, -0.05) is 92.5 Å². The largest absolute Gasteiger partial charge is 0.457 e. The maximum absolute atomic E-state index is 6.43. The molecule has 4 aromatic rings. The van der Waals surface area contributed by atoms with Crippen molar-refractivity contribution in [2.45, 2.75) is 26.1 Å². The second-order valence-electron chi connectivity index (χ2n) is 8.18. The van der Waals surface area contributed by atoms with Crippen LogP contribution in [0.1, 0.15) is 22.3 Å². The molecule has 0 saturated carbocycles. The predicted octanol–water partition coefficient (Wildman–Crippen LogP) is 8.52. The molecule has 0 atom stereocenters. The van der Waals surface area contributed by atoms with Crippen molar-refractivity contribution in [2.24, 2.45) is 0 Å². The number of ether oxygens (including phenoxy) is 3. The first kappa shape index (κ1) is 25.6. The zero-order chi connectivity index (χ0) is 24.3. The van der Waals surface area contributed by atoms with Gasteiger partial charge < -0.3 is 14.2 Å². The van der Waals surface area contributed by atoms with Gasteiger partial charge in [-0.2, -0.15) is 0 Å². The molecule has 0 unspecified atom stereocenters. The Morgan fingerprint density at radius 3 is 1.37 bits per heavy atom. The van der Waals surface area contributed by atoms with E-state index < -0.39 is 0 Å². The normalized spacial score (nSPS) is 10.9. The molecule has 0 bridgehead atoms. The molecule has 0 N–H and O–H groups in total. The summed E-state index contributed by atoms with van der Waals surface area (Å²) >= 11 is 7.19. The van der Waals surface area contributed by atoms with E-state index in [1.165, 1.54) is 11.1 Å². The van der Waals surface area contributed by atoms with E-state index in [-0.39, 0.29) is 0 Å². The Kier molecular flexibility index (Phi) is 9.96. The zero-order valence-corrected chi connectivity index (χ0v) is 22.6. The third-order valence-electron chi connectivity index (χ3n) is 5.52. The molecule has 0 heterocycles. The molecule has 0 aromatic heterocycles. The Hall–Kier alpha value is -2.44. The van der Waals surface area contributed by atoms with E-state index in [4.69, 9.17) is 14.2 Å². The first-order chi connectivity index (χ1) is 17.2. The molecule has 0 aliphatic carbocycles. The zero-order valence-electron chi connectivity index (χ0n) is 19.5. The molecule has 35 heavy (non-hydrogen) atoms. The maximum atomic E-state index is 6.43. The molecule has 0 amide bonds. The smallest absolute Gasteiger partial charge is 0.130 e. The Morgan fingerprint density at radius 1 is 0.514 bits per heavy atom. The summed E-state index contributed by atoms with van der Waals surface area (Å²) in [6, 6.07) is 32.7. The fourth-order valence-corrected chi connectivity index (χ4v) is 4.51. The average Bonchev–Trinajstić information content (AvgIpc) is 2.88. The lowest BCUT2D eigenvalue weighted by Crippen LogP contribution is -2.03. The highest BCUT2D eigenvalue weighted by Gasteiger charge is 2.11. The molecule has 0 fully saturated rings. The van der Waals surface area contributed by atoms with Crippen LogP contribution in [0.25, 0.3) is 0 Å². The van der Waals surface area contributed by atoms with Crippen molar-refractivity contribution in [1.82, 2.24) is 0 Å². The number of benzene rings is 4. The van der Waals surface area contributed by atoms with Crippen LogP contribution in [-0.4, -0.2) is 13.2 Å². The van der Waals surface area contributed by atoms with Crippen LogP contribution in [-0.2, 0) is 35.5 Å². The van der Waals surface area contributed by atoms with Crippen molar-refractivity contribution in [3.8, 4) is 11.5 Å². The van der Waals surface area contributed by atoms with E-state index in [0.29, 0.717) is 26.4 Å². The minimum atomic E-state index is 0.602. The molecular weight excluding hydrogens is 568 g/mol. The summed E-state index contributed by atoms with van der Waals surface area (Å²) in [7, 11) is 0.